The Hall–Kier alpha value is -1.02. The van der Waals surface area contributed by atoms with E-state index in [-0.39, 0.29) is 0 Å². The molecule has 15 heavy (non-hydrogen) atoms. The summed E-state index contributed by atoms with van der Waals surface area (Å²) in [7, 11) is 0. The lowest BCUT2D eigenvalue weighted by molar-refractivity contribution is 0.569. The summed E-state index contributed by atoms with van der Waals surface area (Å²) < 4.78 is 2.60. The Labute approximate surface area is 98.8 Å². The molecule has 2 rings (SSSR count). The topological polar surface area (TPSA) is 68.5 Å². The van der Waals surface area contributed by atoms with Crippen molar-refractivity contribution in [1.82, 2.24) is 25.2 Å². The third kappa shape index (κ3) is 3.24. The molecule has 0 radical (unpaired) electrons. The molecule has 1 N–H and O–H groups in total. The maximum Gasteiger partial charge on any atom is 0.206 e. The van der Waals surface area contributed by atoms with Crippen molar-refractivity contribution < 1.29 is 0 Å². The molecule has 0 aliphatic rings. The minimum absolute atomic E-state index is 0.793. The number of halogens is 1. The lowest BCUT2D eigenvalue weighted by atomic mass is 10.4. The zero-order valence-electron chi connectivity index (χ0n) is 7.80. The van der Waals surface area contributed by atoms with Gasteiger partial charge in [-0.05, 0) is 22.4 Å². The van der Waals surface area contributed by atoms with Gasteiger partial charge in [-0.1, -0.05) is 16.6 Å². The molecule has 0 atom stereocenters. The van der Waals surface area contributed by atoms with Gasteiger partial charge >= 0.3 is 0 Å². The maximum atomic E-state index is 3.93. The number of hydrogen-bond donors (Lipinski definition) is 1. The molecule has 0 saturated carbocycles. The first kappa shape index (κ1) is 10.5. The summed E-state index contributed by atoms with van der Waals surface area (Å²) in [6.45, 7) is 1.70. The molecule has 8 heteroatoms. The quantitative estimate of drug-likeness (QED) is 0.842. The first-order valence-corrected chi connectivity index (χ1v) is 6.02. The van der Waals surface area contributed by atoms with Crippen LogP contribution in [0, 0.1) is 0 Å². The number of hydrogen-bond acceptors (Lipinski definition) is 6. The minimum Gasteiger partial charge on any atom is -0.360 e. The van der Waals surface area contributed by atoms with E-state index in [2.05, 4.69) is 41.8 Å². The number of nitrogens with one attached hydrogen (secondary N) is 1. The lowest BCUT2D eigenvalue weighted by Gasteiger charge is -2.01. The van der Waals surface area contributed by atoms with Gasteiger partial charge < -0.3 is 5.32 Å². The molecular weight excluding hydrogens is 280 g/mol. The fourth-order valence-corrected chi connectivity index (χ4v) is 2.10. The van der Waals surface area contributed by atoms with Crippen LogP contribution in [0.15, 0.2) is 16.3 Å². The van der Waals surface area contributed by atoms with Crippen molar-refractivity contribution in [3.63, 3.8) is 0 Å². The van der Waals surface area contributed by atoms with Gasteiger partial charge in [-0.15, -0.1) is 15.3 Å². The smallest absolute Gasteiger partial charge is 0.206 e. The minimum atomic E-state index is 0.793. The van der Waals surface area contributed by atoms with E-state index in [0.29, 0.717) is 0 Å². The molecule has 0 aliphatic carbocycles. The molecular formula is C7H9BrN6S. The van der Waals surface area contributed by atoms with Gasteiger partial charge in [0.05, 0.1) is 6.20 Å². The maximum absolute atomic E-state index is 3.93. The second kappa shape index (κ2) is 5.17. The average Bonchev–Trinajstić information content (AvgIpc) is 2.84. The molecule has 0 aliphatic heterocycles. The van der Waals surface area contributed by atoms with Crippen molar-refractivity contribution in [1.29, 1.82) is 0 Å². The van der Waals surface area contributed by atoms with Crippen LogP contribution in [0.25, 0.3) is 0 Å². The van der Waals surface area contributed by atoms with Crippen LogP contribution < -0.4 is 5.32 Å². The van der Waals surface area contributed by atoms with Crippen LogP contribution in [-0.2, 0) is 6.54 Å². The second-order valence-corrected chi connectivity index (χ2v) is 5.06. The first-order chi connectivity index (χ1) is 7.34. The number of rotatable bonds is 5. The molecule has 0 unspecified atom stereocenters. The molecule has 2 aromatic heterocycles. The Morgan fingerprint density at radius 3 is 3.07 bits per heavy atom. The van der Waals surface area contributed by atoms with Gasteiger partial charge in [0.1, 0.15) is 0 Å². The van der Waals surface area contributed by atoms with Crippen LogP contribution in [0.2, 0.25) is 0 Å². The summed E-state index contributed by atoms with van der Waals surface area (Å²) in [5, 5.41) is 19.4. The normalized spacial score (nSPS) is 10.5. The highest BCUT2D eigenvalue weighted by Gasteiger charge is 1.99. The van der Waals surface area contributed by atoms with E-state index >= 15 is 0 Å². The van der Waals surface area contributed by atoms with E-state index in [1.165, 1.54) is 11.3 Å². The van der Waals surface area contributed by atoms with Crippen LogP contribution in [0.3, 0.4) is 0 Å². The van der Waals surface area contributed by atoms with Gasteiger partial charge in [0.15, 0.2) is 3.92 Å². The Balaban J connectivity index is 1.67. The average molecular weight is 289 g/mol. The van der Waals surface area contributed by atoms with Gasteiger partial charge in [0.2, 0.25) is 5.13 Å². The predicted molar refractivity (Wildman–Crippen MR) is 60.7 cm³/mol. The SMILES string of the molecule is Brc1nnc(NCCCn2ccnn2)s1. The Morgan fingerprint density at radius 2 is 2.40 bits per heavy atom. The monoisotopic (exact) mass is 288 g/mol. The van der Waals surface area contributed by atoms with Gasteiger partial charge in [0, 0.05) is 19.3 Å². The molecule has 2 aromatic rings. The molecule has 0 fully saturated rings. The molecule has 80 valence electrons. The van der Waals surface area contributed by atoms with E-state index in [1.807, 2.05) is 6.20 Å². The molecule has 2 heterocycles. The Morgan fingerprint density at radius 1 is 1.47 bits per heavy atom. The highest BCUT2D eigenvalue weighted by Crippen LogP contribution is 2.19. The summed E-state index contributed by atoms with van der Waals surface area (Å²) in [5.74, 6) is 0. The van der Waals surface area contributed by atoms with Crippen molar-refractivity contribution >= 4 is 32.4 Å². The highest BCUT2D eigenvalue weighted by molar-refractivity contribution is 9.11. The second-order valence-electron chi connectivity index (χ2n) is 2.81. The van der Waals surface area contributed by atoms with E-state index in [1.54, 1.807) is 10.9 Å². The third-order valence-electron chi connectivity index (χ3n) is 1.71. The Kier molecular flexibility index (Phi) is 3.62. The van der Waals surface area contributed by atoms with E-state index in [9.17, 15) is 0 Å². The van der Waals surface area contributed by atoms with Crippen molar-refractivity contribution in [3.05, 3.63) is 16.3 Å². The Bertz CT molecular complexity index is 399. The summed E-state index contributed by atoms with van der Waals surface area (Å²) in [4.78, 5) is 0. The number of aryl methyl sites for hydroxylation is 1. The number of nitrogens with zero attached hydrogens (tertiary/aromatic N) is 5. The molecule has 6 nitrogen and oxygen atoms in total. The zero-order valence-corrected chi connectivity index (χ0v) is 10.2. The molecule has 0 amide bonds. The van der Waals surface area contributed by atoms with E-state index < -0.39 is 0 Å². The standard InChI is InChI=1S/C7H9BrN6S/c8-6-11-12-7(15-6)9-2-1-4-14-5-3-10-13-14/h3,5H,1-2,4H2,(H,9,12). The fourth-order valence-electron chi connectivity index (χ4n) is 1.07. The van der Waals surface area contributed by atoms with Crippen LogP contribution in [-0.4, -0.2) is 31.7 Å². The van der Waals surface area contributed by atoms with Crippen LogP contribution in [0.1, 0.15) is 6.42 Å². The summed E-state index contributed by atoms with van der Waals surface area (Å²) in [5.41, 5.74) is 0. The predicted octanol–water partition coefficient (Wildman–Crippen LogP) is 1.39. The van der Waals surface area contributed by atoms with Gasteiger partial charge in [-0.3, -0.25) is 4.68 Å². The largest absolute Gasteiger partial charge is 0.360 e. The molecule has 0 aromatic carbocycles. The van der Waals surface area contributed by atoms with Gasteiger partial charge in [-0.25, -0.2) is 0 Å². The zero-order chi connectivity index (χ0) is 10.5. The lowest BCUT2D eigenvalue weighted by Crippen LogP contribution is -2.07. The molecule has 0 spiro atoms. The van der Waals surface area contributed by atoms with E-state index in [4.69, 9.17) is 0 Å². The van der Waals surface area contributed by atoms with Crippen LogP contribution in [0.4, 0.5) is 5.13 Å². The van der Waals surface area contributed by atoms with Gasteiger partial charge in [-0.2, -0.15) is 0 Å². The number of anilines is 1. The van der Waals surface area contributed by atoms with Crippen molar-refractivity contribution in [2.75, 3.05) is 11.9 Å². The van der Waals surface area contributed by atoms with Gasteiger partial charge in [0.25, 0.3) is 0 Å². The van der Waals surface area contributed by atoms with Crippen LogP contribution >= 0.6 is 27.3 Å². The highest BCUT2D eigenvalue weighted by atomic mass is 79.9. The summed E-state index contributed by atoms with van der Waals surface area (Å²) in [6.07, 6.45) is 4.50. The van der Waals surface area contributed by atoms with Crippen LogP contribution in [0.5, 0.6) is 0 Å². The summed E-state index contributed by atoms with van der Waals surface area (Å²) >= 11 is 4.74. The first-order valence-electron chi connectivity index (χ1n) is 4.41. The third-order valence-corrected chi connectivity index (χ3v) is 3.03. The molecule has 0 saturated heterocycles. The van der Waals surface area contributed by atoms with Crippen molar-refractivity contribution in [2.24, 2.45) is 0 Å². The summed E-state index contributed by atoms with van der Waals surface area (Å²) in [6, 6.07) is 0. The van der Waals surface area contributed by atoms with Crippen molar-refractivity contribution in [2.45, 2.75) is 13.0 Å². The number of aromatic nitrogens is 5. The fraction of sp³-hybridized carbons (Fsp3) is 0.429. The van der Waals surface area contributed by atoms with Crippen molar-refractivity contribution in [3.8, 4) is 0 Å². The molecule has 0 bridgehead atoms. The van der Waals surface area contributed by atoms with E-state index in [0.717, 1.165) is 28.6 Å².